The Bertz CT molecular complexity index is 513. The SMILES string of the molecule is CCCCCC/C=C\CCCCCCCCCCOCCN(C)CCOCCCCCCCCCC/C=C\CCCCCC. The highest BCUT2D eigenvalue weighted by molar-refractivity contribution is 4.82. The summed E-state index contributed by atoms with van der Waals surface area (Å²) in [7, 11) is 2.18. The van der Waals surface area contributed by atoms with Crippen LogP contribution in [-0.2, 0) is 9.47 Å². The summed E-state index contributed by atoms with van der Waals surface area (Å²) in [6.07, 6.45) is 47.6. The molecule has 0 aromatic heterocycles. The van der Waals surface area contributed by atoms with Crippen molar-refractivity contribution in [3.8, 4) is 0 Å². The number of nitrogens with zero attached hydrogens (tertiary/aromatic N) is 1. The lowest BCUT2D eigenvalue weighted by Crippen LogP contribution is -2.27. The van der Waals surface area contributed by atoms with Crippen molar-refractivity contribution in [2.75, 3.05) is 46.6 Å². The topological polar surface area (TPSA) is 21.7 Å². The molecule has 0 aromatic carbocycles. The number of allylic oxidation sites excluding steroid dienone is 4. The van der Waals surface area contributed by atoms with Crippen LogP contribution in [0, 0.1) is 0 Å². The van der Waals surface area contributed by atoms with Gasteiger partial charge < -0.3 is 14.4 Å². The molecule has 0 unspecified atom stereocenters. The van der Waals surface area contributed by atoms with Gasteiger partial charge in [-0.15, -0.1) is 0 Å². The van der Waals surface area contributed by atoms with Crippen LogP contribution in [0.1, 0.15) is 194 Å². The lowest BCUT2D eigenvalue weighted by Gasteiger charge is -2.16. The van der Waals surface area contributed by atoms with Crippen molar-refractivity contribution in [3.05, 3.63) is 24.3 Å². The van der Waals surface area contributed by atoms with Gasteiger partial charge in [0.05, 0.1) is 13.2 Å². The molecular formula is C41H81NO2. The molecule has 0 amide bonds. The fourth-order valence-electron chi connectivity index (χ4n) is 5.66. The quantitative estimate of drug-likeness (QED) is 0.0507. The molecule has 0 radical (unpaired) electrons. The Morgan fingerprint density at radius 2 is 0.614 bits per heavy atom. The summed E-state index contributed by atoms with van der Waals surface area (Å²) in [4.78, 5) is 2.34. The second-order valence-electron chi connectivity index (χ2n) is 13.4. The fraction of sp³-hybridized carbons (Fsp3) is 0.902. The molecule has 0 aliphatic rings. The molecule has 262 valence electrons. The van der Waals surface area contributed by atoms with Crippen molar-refractivity contribution >= 4 is 0 Å². The van der Waals surface area contributed by atoms with Gasteiger partial charge in [-0.2, -0.15) is 0 Å². The van der Waals surface area contributed by atoms with Gasteiger partial charge in [-0.25, -0.2) is 0 Å². The summed E-state index contributed by atoms with van der Waals surface area (Å²) < 4.78 is 11.8. The molecule has 0 bridgehead atoms. The van der Waals surface area contributed by atoms with Gasteiger partial charge in [-0.3, -0.25) is 0 Å². The highest BCUT2D eigenvalue weighted by atomic mass is 16.5. The maximum Gasteiger partial charge on any atom is 0.0593 e. The van der Waals surface area contributed by atoms with Crippen LogP contribution in [0.25, 0.3) is 0 Å². The fourth-order valence-corrected chi connectivity index (χ4v) is 5.66. The molecule has 0 saturated heterocycles. The van der Waals surface area contributed by atoms with E-state index in [9.17, 15) is 0 Å². The number of likely N-dealkylation sites (N-methyl/N-ethyl adjacent to an activating group) is 1. The first-order chi connectivity index (χ1) is 21.8. The molecule has 0 heterocycles. The zero-order valence-electron chi connectivity index (χ0n) is 30.6. The molecule has 0 rings (SSSR count). The Labute approximate surface area is 278 Å². The van der Waals surface area contributed by atoms with E-state index in [1.807, 2.05) is 0 Å². The third-order valence-electron chi connectivity index (χ3n) is 8.84. The van der Waals surface area contributed by atoms with Crippen LogP contribution in [0.15, 0.2) is 24.3 Å². The molecule has 0 N–H and O–H groups in total. The molecule has 0 saturated carbocycles. The van der Waals surface area contributed by atoms with E-state index in [0.29, 0.717) is 0 Å². The van der Waals surface area contributed by atoms with E-state index in [4.69, 9.17) is 9.47 Å². The van der Waals surface area contributed by atoms with Crippen LogP contribution in [0.3, 0.4) is 0 Å². The van der Waals surface area contributed by atoms with Crippen LogP contribution in [0.2, 0.25) is 0 Å². The summed E-state index contributed by atoms with van der Waals surface area (Å²) in [6, 6.07) is 0. The molecule has 0 atom stereocenters. The Kier molecular flexibility index (Phi) is 39.8. The second-order valence-corrected chi connectivity index (χ2v) is 13.4. The number of ether oxygens (including phenoxy) is 2. The normalized spacial score (nSPS) is 12.1. The first-order valence-electron chi connectivity index (χ1n) is 19.9. The summed E-state index contributed by atoms with van der Waals surface area (Å²) in [6.45, 7) is 10.1. The maximum absolute atomic E-state index is 5.88. The predicted octanol–water partition coefficient (Wildman–Crippen LogP) is 13.0. The third kappa shape index (κ3) is 39.4. The monoisotopic (exact) mass is 620 g/mol. The first-order valence-corrected chi connectivity index (χ1v) is 19.9. The molecular weight excluding hydrogens is 538 g/mol. The standard InChI is InChI=1S/C41H81NO2/c1-4-6-8-10-12-14-16-18-20-22-24-26-28-30-32-34-38-43-40-36-42(3)37-41-44-39-35-33-31-29-27-25-23-21-19-17-15-13-11-9-7-5-2/h14-17H,4-13,18-41H2,1-3H3/b16-14-,17-15-. The van der Waals surface area contributed by atoms with E-state index in [0.717, 1.165) is 39.5 Å². The molecule has 3 nitrogen and oxygen atoms in total. The van der Waals surface area contributed by atoms with Crippen LogP contribution in [0.4, 0.5) is 0 Å². The van der Waals surface area contributed by atoms with Gasteiger partial charge in [0.2, 0.25) is 0 Å². The third-order valence-corrected chi connectivity index (χ3v) is 8.84. The number of hydrogen-bond donors (Lipinski definition) is 0. The highest BCUT2D eigenvalue weighted by Crippen LogP contribution is 2.12. The summed E-state index contributed by atoms with van der Waals surface area (Å²) >= 11 is 0. The molecule has 0 aliphatic carbocycles. The van der Waals surface area contributed by atoms with Crippen molar-refractivity contribution in [2.24, 2.45) is 0 Å². The van der Waals surface area contributed by atoms with Gasteiger partial charge in [0.15, 0.2) is 0 Å². The highest BCUT2D eigenvalue weighted by Gasteiger charge is 2.00. The Morgan fingerprint density at radius 3 is 0.932 bits per heavy atom. The Balaban J connectivity index is 3.19. The van der Waals surface area contributed by atoms with Crippen LogP contribution in [-0.4, -0.2) is 51.5 Å². The number of rotatable bonds is 38. The van der Waals surface area contributed by atoms with Gasteiger partial charge >= 0.3 is 0 Å². The molecule has 0 aliphatic heterocycles. The molecule has 0 spiro atoms. The van der Waals surface area contributed by atoms with Crippen LogP contribution in [0.5, 0.6) is 0 Å². The van der Waals surface area contributed by atoms with E-state index in [1.165, 1.54) is 180 Å². The lowest BCUT2D eigenvalue weighted by molar-refractivity contribution is 0.0814. The number of hydrogen-bond acceptors (Lipinski definition) is 3. The van der Waals surface area contributed by atoms with Gasteiger partial charge in [-0.05, 0) is 71.3 Å². The van der Waals surface area contributed by atoms with Crippen molar-refractivity contribution in [1.82, 2.24) is 4.90 Å². The molecule has 44 heavy (non-hydrogen) atoms. The van der Waals surface area contributed by atoms with Crippen molar-refractivity contribution in [1.29, 1.82) is 0 Å². The summed E-state index contributed by atoms with van der Waals surface area (Å²) in [5.41, 5.74) is 0. The van der Waals surface area contributed by atoms with E-state index in [1.54, 1.807) is 0 Å². The average Bonchev–Trinajstić information content (AvgIpc) is 3.03. The van der Waals surface area contributed by atoms with Gasteiger partial charge in [0.1, 0.15) is 0 Å². The molecule has 0 fully saturated rings. The second kappa shape index (κ2) is 40.4. The minimum Gasteiger partial charge on any atom is -0.380 e. The smallest absolute Gasteiger partial charge is 0.0593 e. The van der Waals surface area contributed by atoms with Gasteiger partial charge in [0.25, 0.3) is 0 Å². The first kappa shape index (κ1) is 43.4. The van der Waals surface area contributed by atoms with Crippen molar-refractivity contribution in [2.45, 2.75) is 194 Å². The van der Waals surface area contributed by atoms with Gasteiger partial charge in [0, 0.05) is 26.3 Å². The summed E-state index contributed by atoms with van der Waals surface area (Å²) in [5, 5.41) is 0. The maximum atomic E-state index is 5.88. The predicted molar refractivity (Wildman–Crippen MR) is 198 cm³/mol. The van der Waals surface area contributed by atoms with E-state index in [-0.39, 0.29) is 0 Å². The number of unbranched alkanes of at least 4 members (excludes halogenated alkanes) is 24. The van der Waals surface area contributed by atoms with E-state index < -0.39 is 0 Å². The molecule has 0 aromatic rings. The Morgan fingerprint density at radius 1 is 0.341 bits per heavy atom. The van der Waals surface area contributed by atoms with Gasteiger partial charge in [-0.1, -0.05) is 154 Å². The van der Waals surface area contributed by atoms with Crippen LogP contribution >= 0.6 is 0 Å². The largest absolute Gasteiger partial charge is 0.380 e. The van der Waals surface area contributed by atoms with Crippen molar-refractivity contribution < 1.29 is 9.47 Å². The summed E-state index contributed by atoms with van der Waals surface area (Å²) in [5.74, 6) is 0. The minimum absolute atomic E-state index is 0.847. The van der Waals surface area contributed by atoms with E-state index >= 15 is 0 Å². The minimum atomic E-state index is 0.847. The Hall–Kier alpha value is -0.640. The zero-order valence-corrected chi connectivity index (χ0v) is 30.6. The van der Waals surface area contributed by atoms with Crippen LogP contribution < -0.4 is 0 Å². The average molecular weight is 620 g/mol. The van der Waals surface area contributed by atoms with Crippen molar-refractivity contribution in [3.63, 3.8) is 0 Å². The lowest BCUT2D eigenvalue weighted by atomic mass is 10.1. The zero-order chi connectivity index (χ0) is 31.9. The van der Waals surface area contributed by atoms with E-state index in [2.05, 4.69) is 50.1 Å². The molecule has 3 heteroatoms.